The molecule has 0 unspecified atom stereocenters. The first-order valence-electron chi connectivity index (χ1n) is 5.69. The van der Waals surface area contributed by atoms with Crippen molar-refractivity contribution >= 4 is 23.3 Å². The fraction of sp³-hybridized carbons (Fsp3) is 0.0833. The summed E-state index contributed by atoms with van der Waals surface area (Å²) in [7, 11) is 1.68. The Kier molecular flexibility index (Phi) is 3.65. The van der Waals surface area contributed by atoms with Crippen molar-refractivity contribution in [3.8, 4) is 0 Å². The molecule has 1 amide bonds. The molecule has 0 aliphatic rings. The standard InChI is InChI=1S/C12H10N4O5/c1-15-5-10(13-6-15)11(17)14-9-3-2-7(16(20)21)4-8(9)12(18)19/h2-6H,1H3,(H,14,17)(H,18,19). The number of nitro groups is 1. The van der Waals surface area contributed by atoms with Gasteiger partial charge in [-0.25, -0.2) is 9.78 Å². The van der Waals surface area contributed by atoms with E-state index in [-0.39, 0.29) is 22.6 Å². The molecule has 9 nitrogen and oxygen atoms in total. The van der Waals surface area contributed by atoms with Crippen LogP contribution in [0, 0.1) is 10.1 Å². The Morgan fingerprint density at radius 3 is 2.67 bits per heavy atom. The average molecular weight is 290 g/mol. The summed E-state index contributed by atoms with van der Waals surface area (Å²) in [4.78, 5) is 36.8. The predicted molar refractivity (Wildman–Crippen MR) is 71.2 cm³/mol. The van der Waals surface area contributed by atoms with Gasteiger partial charge in [-0.1, -0.05) is 0 Å². The number of carbonyl (C=O) groups excluding carboxylic acids is 1. The lowest BCUT2D eigenvalue weighted by Crippen LogP contribution is -2.15. The van der Waals surface area contributed by atoms with Crippen molar-refractivity contribution < 1.29 is 19.6 Å². The van der Waals surface area contributed by atoms with Gasteiger partial charge in [-0.05, 0) is 6.07 Å². The third-order valence-electron chi connectivity index (χ3n) is 2.63. The molecule has 21 heavy (non-hydrogen) atoms. The number of anilines is 1. The van der Waals surface area contributed by atoms with E-state index in [1.165, 1.54) is 18.6 Å². The molecule has 0 aliphatic heterocycles. The van der Waals surface area contributed by atoms with Gasteiger partial charge in [-0.2, -0.15) is 0 Å². The van der Waals surface area contributed by atoms with Gasteiger partial charge in [-0.15, -0.1) is 0 Å². The van der Waals surface area contributed by atoms with E-state index in [9.17, 15) is 19.7 Å². The molecular weight excluding hydrogens is 280 g/mol. The number of benzene rings is 1. The van der Waals surface area contributed by atoms with Crippen molar-refractivity contribution in [1.82, 2.24) is 9.55 Å². The van der Waals surface area contributed by atoms with Gasteiger partial charge in [0.2, 0.25) is 0 Å². The molecule has 2 aromatic rings. The number of hydrogen-bond acceptors (Lipinski definition) is 5. The number of nitrogens with one attached hydrogen (secondary N) is 1. The summed E-state index contributed by atoms with van der Waals surface area (Å²) < 4.78 is 1.56. The van der Waals surface area contributed by atoms with E-state index in [1.807, 2.05) is 0 Å². The second-order valence-corrected chi connectivity index (χ2v) is 4.17. The SMILES string of the molecule is Cn1cnc(C(=O)Nc2ccc([N+](=O)[O-])cc2C(=O)O)c1. The molecule has 0 radical (unpaired) electrons. The smallest absolute Gasteiger partial charge is 0.338 e. The van der Waals surface area contributed by atoms with Crippen LogP contribution in [0.5, 0.6) is 0 Å². The van der Waals surface area contributed by atoms with Gasteiger partial charge < -0.3 is 15.0 Å². The van der Waals surface area contributed by atoms with Crippen LogP contribution in [-0.4, -0.2) is 31.5 Å². The van der Waals surface area contributed by atoms with Crippen molar-refractivity contribution in [2.75, 3.05) is 5.32 Å². The van der Waals surface area contributed by atoms with Crippen LogP contribution < -0.4 is 5.32 Å². The van der Waals surface area contributed by atoms with Gasteiger partial charge in [0, 0.05) is 25.4 Å². The first-order chi connectivity index (χ1) is 9.88. The molecule has 0 fully saturated rings. The first-order valence-corrected chi connectivity index (χ1v) is 5.69. The Morgan fingerprint density at radius 2 is 2.14 bits per heavy atom. The fourth-order valence-corrected chi connectivity index (χ4v) is 1.65. The third-order valence-corrected chi connectivity index (χ3v) is 2.63. The van der Waals surface area contributed by atoms with Crippen LogP contribution in [0.1, 0.15) is 20.8 Å². The van der Waals surface area contributed by atoms with Crippen molar-refractivity contribution in [2.45, 2.75) is 0 Å². The number of aryl methyl sites for hydroxylation is 1. The number of aromatic nitrogens is 2. The van der Waals surface area contributed by atoms with E-state index >= 15 is 0 Å². The number of nitrogens with zero attached hydrogens (tertiary/aromatic N) is 3. The summed E-state index contributed by atoms with van der Waals surface area (Å²) in [6.07, 6.45) is 2.88. The molecule has 0 saturated heterocycles. The molecule has 108 valence electrons. The highest BCUT2D eigenvalue weighted by atomic mass is 16.6. The number of rotatable bonds is 4. The van der Waals surface area contributed by atoms with Gasteiger partial charge in [-0.3, -0.25) is 14.9 Å². The highest BCUT2D eigenvalue weighted by Crippen LogP contribution is 2.22. The minimum Gasteiger partial charge on any atom is -0.478 e. The second kappa shape index (κ2) is 5.41. The van der Waals surface area contributed by atoms with E-state index in [1.54, 1.807) is 11.6 Å². The van der Waals surface area contributed by atoms with Gasteiger partial charge in [0.05, 0.1) is 22.5 Å². The summed E-state index contributed by atoms with van der Waals surface area (Å²) in [6.45, 7) is 0. The summed E-state index contributed by atoms with van der Waals surface area (Å²) >= 11 is 0. The summed E-state index contributed by atoms with van der Waals surface area (Å²) in [6, 6.07) is 3.17. The van der Waals surface area contributed by atoms with Crippen LogP contribution >= 0.6 is 0 Å². The van der Waals surface area contributed by atoms with E-state index in [0.29, 0.717) is 0 Å². The highest BCUT2D eigenvalue weighted by molar-refractivity contribution is 6.06. The van der Waals surface area contributed by atoms with Crippen LogP contribution in [0.2, 0.25) is 0 Å². The molecule has 2 rings (SSSR count). The fourth-order valence-electron chi connectivity index (χ4n) is 1.65. The van der Waals surface area contributed by atoms with Crippen molar-refractivity contribution in [3.63, 3.8) is 0 Å². The van der Waals surface area contributed by atoms with Crippen LogP contribution in [0.25, 0.3) is 0 Å². The Hall–Kier alpha value is -3.23. The number of carbonyl (C=O) groups is 2. The normalized spacial score (nSPS) is 10.1. The van der Waals surface area contributed by atoms with Crippen molar-refractivity contribution in [3.05, 3.63) is 52.1 Å². The third kappa shape index (κ3) is 3.03. The topological polar surface area (TPSA) is 127 Å². The number of carboxylic acid groups (broad SMARTS) is 1. The van der Waals surface area contributed by atoms with Crippen LogP contribution in [0.15, 0.2) is 30.7 Å². The Balaban J connectivity index is 2.33. The maximum absolute atomic E-state index is 11.9. The first kappa shape index (κ1) is 14.2. The maximum atomic E-state index is 11.9. The number of nitro benzene ring substituents is 1. The van der Waals surface area contributed by atoms with Crippen LogP contribution in [0.4, 0.5) is 11.4 Å². The maximum Gasteiger partial charge on any atom is 0.338 e. The largest absolute Gasteiger partial charge is 0.478 e. The molecule has 1 heterocycles. The minimum absolute atomic E-state index is 0.0382. The Bertz CT molecular complexity index is 737. The highest BCUT2D eigenvalue weighted by Gasteiger charge is 2.18. The minimum atomic E-state index is -1.38. The zero-order valence-corrected chi connectivity index (χ0v) is 10.8. The zero-order valence-electron chi connectivity index (χ0n) is 10.8. The lowest BCUT2D eigenvalue weighted by atomic mass is 10.1. The molecule has 0 bridgehead atoms. The second-order valence-electron chi connectivity index (χ2n) is 4.17. The van der Waals surface area contributed by atoms with E-state index < -0.39 is 16.8 Å². The van der Waals surface area contributed by atoms with E-state index in [0.717, 1.165) is 12.1 Å². The zero-order chi connectivity index (χ0) is 15.6. The lowest BCUT2D eigenvalue weighted by Gasteiger charge is -2.07. The van der Waals surface area contributed by atoms with Crippen LogP contribution in [-0.2, 0) is 7.05 Å². The van der Waals surface area contributed by atoms with Crippen molar-refractivity contribution in [2.24, 2.45) is 7.05 Å². The molecule has 0 atom stereocenters. The number of aromatic carboxylic acids is 1. The molecule has 0 saturated carbocycles. The average Bonchev–Trinajstić information content (AvgIpc) is 2.85. The molecule has 0 spiro atoms. The predicted octanol–water partition coefficient (Wildman–Crippen LogP) is 1.28. The van der Waals surface area contributed by atoms with Crippen molar-refractivity contribution in [1.29, 1.82) is 0 Å². The van der Waals surface area contributed by atoms with Gasteiger partial charge in [0.1, 0.15) is 5.69 Å². The number of carboxylic acids is 1. The molecule has 2 N–H and O–H groups in total. The summed E-state index contributed by atoms with van der Waals surface area (Å²) in [5, 5.41) is 22.1. The number of imidazole rings is 1. The monoisotopic (exact) mass is 290 g/mol. The van der Waals surface area contributed by atoms with Crippen LogP contribution in [0.3, 0.4) is 0 Å². The number of amides is 1. The molecule has 1 aromatic heterocycles. The molecule has 1 aromatic carbocycles. The Morgan fingerprint density at radius 1 is 1.43 bits per heavy atom. The quantitative estimate of drug-likeness (QED) is 0.644. The number of hydrogen-bond donors (Lipinski definition) is 2. The van der Waals surface area contributed by atoms with Gasteiger partial charge in [0.15, 0.2) is 0 Å². The molecule has 9 heteroatoms. The molecular formula is C12H10N4O5. The van der Waals surface area contributed by atoms with E-state index in [2.05, 4.69) is 10.3 Å². The lowest BCUT2D eigenvalue weighted by molar-refractivity contribution is -0.384. The summed E-state index contributed by atoms with van der Waals surface area (Å²) in [5.41, 5.74) is -0.673. The van der Waals surface area contributed by atoms with Gasteiger partial charge in [0.25, 0.3) is 11.6 Å². The Labute approximate surface area is 118 Å². The van der Waals surface area contributed by atoms with Gasteiger partial charge >= 0.3 is 5.97 Å². The number of non-ortho nitro benzene ring substituents is 1. The van der Waals surface area contributed by atoms with E-state index in [4.69, 9.17) is 5.11 Å². The summed E-state index contributed by atoms with van der Waals surface area (Å²) in [5.74, 6) is -1.98. The molecule has 0 aliphatic carbocycles.